The topological polar surface area (TPSA) is 34.6 Å². The van der Waals surface area contributed by atoms with Crippen LogP contribution in [0.15, 0.2) is 67.3 Å². The molecule has 6 rings (SSSR count). The minimum Gasteiger partial charge on any atom is -0.264 e. The van der Waals surface area contributed by atoms with Crippen LogP contribution in [0.4, 0.5) is 0 Å². The second kappa shape index (κ2) is 4.74. The molecule has 0 aliphatic carbocycles. The maximum atomic E-state index is 4.37. The first-order chi connectivity index (χ1) is 12.4. The van der Waals surface area contributed by atoms with Gasteiger partial charge in [-0.05, 0) is 18.2 Å². The predicted molar refractivity (Wildman–Crippen MR) is 99.0 cm³/mol. The third kappa shape index (κ3) is 1.68. The standard InChI is InChI=1S/C20H13N4S/c1-2-4-14(5-3-1)24-17-7-9-22-11-16(17)18-19(24)23-12-13-6-8-21-10-15(13)20(23)25-18/h1-11H,12H2/q+1. The molecule has 0 radical (unpaired) electrons. The zero-order valence-corrected chi connectivity index (χ0v) is 14.1. The molecular weight excluding hydrogens is 328 g/mol. The molecule has 25 heavy (non-hydrogen) atoms. The van der Waals surface area contributed by atoms with Gasteiger partial charge >= 0.3 is 5.65 Å². The zero-order valence-electron chi connectivity index (χ0n) is 13.3. The first kappa shape index (κ1) is 13.3. The van der Waals surface area contributed by atoms with E-state index in [0.29, 0.717) is 0 Å². The summed E-state index contributed by atoms with van der Waals surface area (Å²) in [6.45, 7) is 0.893. The smallest absolute Gasteiger partial charge is 0.264 e. The Balaban J connectivity index is 1.79. The number of fused-ring (bicyclic) bond motifs is 7. The Kier molecular flexibility index (Phi) is 2.51. The van der Waals surface area contributed by atoms with E-state index in [-0.39, 0.29) is 0 Å². The van der Waals surface area contributed by atoms with E-state index in [1.165, 1.54) is 43.1 Å². The molecule has 0 saturated carbocycles. The second-order valence-electron chi connectivity index (χ2n) is 6.24. The van der Waals surface area contributed by atoms with Gasteiger partial charge in [0.25, 0.3) is 0 Å². The summed E-state index contributed by atoms with van der Waals surface area (Å²) >= 11 is 1.84. The molecule has 1 aliphatic rings. The summed E-state index contributed by atoms with van der Waals surface area (Å²) in [5.41, 5.74) is 6.21. The zero-order chi connectivity index (χ0) is 16.4. The highest BCUT2D eigenvalue weighted by Gasteiger charge is 2.33. The number of pyridine rings is 2. The van der Waals surface area contributed by atoms with Crippen LogP contribution in [0, 0.1) is 0 Å². The lowest BCUT2D eigenvalue weighted by molar-refractivity contribution is -0.644. The van der Waals surface area contributed by atoms with Crippen molar-refractivity contribution in [1.82, 2.24) is 14.5 Å². The van der Waals surface area contributed by atoms with E-state index < -0.39 is 0 Å². The molecule has 0 atom stereocenters. The lowest BCUT2D eigenvalue weighted by Crippen LogP contribution is -2.32. The monoisotopic (exact) mass is 341 g/mol. The Labute approximate surface area is 147 Å². The van der Waals surface area contributed by atoms with Crippen LogP contribution in [0.3, 0.4) is 0 Å². The maximum Gasteiger partial charge on any atom is 0.307 e. The lowest BCUT2D eigenvalue weighted by atomic mass is 10.2. The van der Waals surface area contributed by atoms with Crippen molar-refractivity contribution in [3.63, 3.8) is 0 Å². The van der Waals surface area contributed by atoms with E-state index in [1.54, 1.807) is 0 Å². The fraction of sp³-hybridized carbons (Fsp3) is 0.0500. The van der Waals surface area contributed by atoms with Gasteiger partial charge in [-0.3, -0.25) is 9.97 Å². The fourth-order valence-electron chi connectivity index (χ4n) is 3.79. The molecule has 0 N–H and O–H groups in total. The third-order valence-electron chi connectivity index (χ3n) is 4.88. The van der Waals surface area contributed by atoms with Crippen LogP contribution in [0.5, 0.6) is 0 Å². The van der Waals surface area contributed by atoms with Crippen LogP contribution in [-0.4, -0.2) is 14.5 Å². The molecule has 118 valence electrons. The highest BCUT2D eigenvalue weighted by atomic mass is 32.1. The van der Waals surface area contributed by atoms with Crippen LogP contribution in [0.25, 0.3) is 37.5 Å². The average Bonchev–Trinajstić information content (AvgIpc) is 3.30. The number of para-hydroxylation sites is 1. The van der Waals surface area contributed by atoms with Crippen molar-refractivity contribution in [2.75, 3.05) is 0 Å². The van der Waals surface area contributed by atoms with Crippen LogP contribution in [0.1, 0.15) is 5.56 Å². The van der Waals surface area contributed by atoms with Crippen molar-refractivity contribution in [2.45, 2.75) is 6.54 Å². The molecule has 5 aromatic rings. The summed E-state index contributed by atoms with van der Waals surface area (Å²) < 4.78 is 6.06. The van der Waals surface area contributed by atoms with Gasteiger partial charge in [-0.25, -0.2) is 4.57 Å². The highest BCUT2D eigenvalue weighted by molar-refractivity contribution is 7.22. The van der Waals surface area contributed by atoms with Gasteiger partial charge in [0.05, 0.1) is 10.9 Å². The molecule has 5 heteroatoms. The predicted octanol–water partition coefficient (Wildman–Crippen LogP) is 3.95. The minimum atomic E-state index is 0.893. The van der Waals surface area contributed by atoms with E-state index in [0.717, 1.165) is 6.54 Å². The largest absolute Gasteiger partial charge is 0.307 e. The third-order valence-corrected chi connectivity index (χ3v) is 6.12. The number of nitrogens with zero attached hydrogens (tertiary/aromatic N) is 4. The summed E-state index contributed by atoms with van der Waals surface area (Å²) in [5.74, 6) is 0. The highest BCUT2D eigenvalue weighted by Crippen LogP contribution is 2.40. The Morgan fingerprint density at radius 2 is 1.80 bits per heavy atom. The van der Waals surface area contributed by atoms with Crippen molar-refractivity contribution in [3.05, 3.63) is 72.8 Å². The number of rotatable bonds is 1. The van der Waals surface area contributed by atoms with Crippen LogP contribution in [-0.2, 0) is 6.54 Å². The van der Waals surface area contributed by atoms with Crippen LogP contribution >= 0.6 is 11.3 Å². The van der Waals surface area contributed by atoms with Gasteiger partial charge in [0.15, 0.2) is 5.01 Å². The summed E-state index contributed by atoms with van der Waals surface area (Å²) in [4.78, 5) is 8.70. The molecule has 0 bridgehead atoms. The molecule has 1 aromatic carbocycles. The van der Waals surface area contributed by atoms with Gasteiger partial charge < -0.3 is 0 Å². The van der Waals surface area contributed by atoms with Crippen LogP contribution < -0.4 is 4.57 Å². The van der Waals surface area contributed by atoms with E-state index in [9.17, 15) is 0 Å². The van der Waals surface area contributed by atoms with Crippen molar-refractivity contribution >= 4 is 32.6 Å². The van der Waals surface area contributed by atoms with Crippen molar-refractivity contribution in [2.24, 2.45) is 0 Å². The Bertz CT molecular complexity index is 1270. The maximum absolute atomic E-state index is 4.37. The number of thiazole rings is 1. The van der Waals surface area contributed by atoms with Gasteiger partial charge in [-0.15, -0.1) is 0 Å². The van der Waals surface area contributed by atoms with E-state index in [1.807, 2.05) is 36.1 Å². The summed E-state index contributed by atoms with van der Waals surface area (Å²) in [5, 5.41) is 2.49. The van der Waals surface area contributed by atoms with Gasteiger partial charge in [0, 0.05) is 36.4 Å². The Morgan fingerprint density at radius 1 is 0.960 bits per heavy atom. The Hall–Kier alpha value is -3.05. The molecule has 1 aliphatic heterocycles. The SMILES string of the molecule is c1ccc(-n2c3ccncc3c3sc4[n+](c32)Cc2ccncc2-4)cc1. The molecule has 0 amide bonds. The average molecular weight is 341 g/mol. The first-order valence-corrected chi connectivity index (χ1v) is 9.03. The van der Waals surface area contributed by atoms with Gasteiger partial charge in [0.2, 0.25) is 0 Å². The second-order valence-corrected chi connectivity index (χ2v) is 7.24. The lowest BCUT2D eigenvalue weighted by Gasteiger charge is -2.00. The molecule has 0 fully saturated rings. The summed E-state index contributed by atoms with van der Waals surface area (Å²) in [6.07, 6.45) is 7.71. The normalized spacial score (nSPS) is 12.6. The molecule has 4 nitrogen and oxygen atoms in total. The first-order valence-electron chi connectivity index (χ1n) is 8.21. The van der Waals surface area contributed by atoms with Gasteiger partial charge in [-0.1, -0.05) is 29.5 Å². The molecule has 0 saturated heterocycles. The van der Waals surface area contributed by atoms with Gasteiger partial charge in [-0.2, -0.15) is 4.57 Å². The molecular formula is C20H13N4S+. The van der Waals surface area contributed by atoms with E-state index in [2.05, 4.69) is 61.6 Å². The number of hydrogen-bond donors (Lipinski definition) is 0. The molecule has 0 spiro atoms. The Morgan fingerprint density at radius 3 is 2.72 bits per heavy atom. The van der Waals surface area contributed by atoms with E-state index in [4.69, 9.17) is 0 Å². The number of aromatic nitrogens is 4. The fourth-order valence-corrected chi connectivity index (χ4v) is 5.10. The van der Waals surface area contributed by atoms with Crippen molar-refractivity contribution < 1.29 is 4.57 Å². The molecule has 0 unspecified atom stereocenters. The summed E-state index contributed by atoms with van der Waals surface area (Å²) in [6, 6.07) is 14.8. The quantitative estimate of drug-likeness (QED) is 0.424. The molecule has 5 heterocycles. The van der Waals surface area contributed by atoms with Gasteiger partial charge in [0.1, 0.15) is 22.4 Å². The van der Waals surface area contributed by atoms with Crippen LogP contribution in [0.2, 0.25) is 0 Å². The van der Waals surface area contributed by atoms with Crippen molar-refractivity contribution in [1.29, 1.82) is 0 Å². The number of hydrogen-bond acceptors (Lipinski definition) is 3. The minimum absolute atomic E-state index is 0.893. The van der Waals surface area contributed by atoms with Crippen molar-refractivity contribution in [3.8, 4) is 16.3 Å². The number of benzene rings is 1. The van der Waals surface area contributed by atoms with E-state index >= 15 is 0 Å². The summed E-state index contributed by atoms with van der Waals surface area (Å²) in [7, 11) is 0. The molecule has 4 aromatic heterocycles.